The van der Waals surface area contributed by atoms with E-state index in [0.717, 1.165) is 26.2 Å². The fraction of sp³-hybridized carbons (Fsp3) is 0.308. The van der Waals surface area contributed by atoms with Crippen molar-refractivity contribution < 1.29 is 0 Å². The average molecular weight is 369 g/mol. The van der Waals surface area contributed by atoms with E-state index in [1.54, 1.807) is 0 Å². The van der Waals surface area contributed by atoms with E-state index in [1.807, 2.05) is 0 Å². The Morgan fingerprint density at radius 3 is 2.29 bits per heavy atom. The summed E-state index contributed by atoms with van der Waals surface area (Å²) >= 11 is 0. The number of rotatable bonds is 5. The predicted octanol–water partition coefficient (Wildman–Crippen LogP) is 4.75. The molecule has 2 nitrogen and oxygen atoms in total. The van der Waals surface area contributed by atoms with Crippen molar-refractivity contribution in [2.24, 2.45) is 5.92 Å². The zero-order chi connectivity index (χ0) is 18.8. The number of nitrogens with zero attached hydrogens (tertiary/aromatic N) is 1. The third-order valence-electron chi connectivity index (χ3n) is 6.66. The van der Waals surface area contributed by atoms with Crippen molar-refractivity contribution in [3.05, 3.63) is 107 Å². The van der Waals surface area contributed by atoms with E-state index in [4.69, 9.17) is 0 Å². The standard InChI is InChI=1S/C26H28N2/c1-3-9-21(10-4-1)18-27-26-15-16-28(19-22-11-5-2-6-12-22)20-24(26)17-23-13-7-8-14-25(23)26/h1-14,24,27H,15-20H2/t24-,26-/m0/s1. The topological polar surface area (TPSA) is 15.3 Å². The van der Waals surface area contributed by atoms with Gasteiger partial charge in [-0.05, 0) is 41.0 Å². The first kappa shape index (κ1) is 17.7. The lowest BCUT2D eigenvalue weighted by Gasteiger charge is -2.46. The number of piperidine rings is 1. The van der Waals surface area contributed by atoms with Crippen LogP contribution in [0.5, 0.6) is 0 Å². The van der Waals surface area contributed by atoms with Crippen molar-refractivity contribution in [3.63, 3.8) is 0 Å². The molecule has 0 saturated carbocycles. The van der Waals surface area contributed by atoms with E-state index < -0.39 is 0 Å². The smallest absolute Gasteiger partial charge is 0.0496 e. The van der Waals surface area contributed by atoms with Crippen LogP contribution < -0.4 is 5.32 Å². The van der Waals surface area contributed by atoms with E-state index in [1.165, 1.54) is 35.1 Å². The minimum absolute atomic E-state index is 0.111. The minimum atomic E-state index is 0.111. The lowest BCUT2D eigenvalue weighted by atomic mass is 9.77. The fourth-order valence-corrected chi connectivity index (χ4v) is 5.26. The van der Waals surface area contributed by atoms with Crippen LogP contribution in [0.1, 0.15) is 28.7 Å². The van der Waals surface area contributed by atoms with Crippen LogP contribution in [0.4, 0.5) is 0 Å². The summed E-state index contributed by atoms with van der Waals surface area (Å²) in [4.78, 5) is 2.65. The van der Waals surface area contributed by atoms with Crippen LogP contribution in [0.2, 0.25) is 0 Å². The van der Waals surface area contributed by atoms with Crippen molar-refractivity contribution in [1.82, 2.24) is 10.2 Å². The van der Waals surface area contributed by atoms with Crippen LogP contribution in [0.15, 0.2) is 84.9 Å². The molecule has 0 bridgehead atoms. The predicted molar refractivity (Wildman–Crippen MR) is 115 cm³/mol. The molecule has 1 N–H and O–H groups in total. The van der Waals surface area contributed by atoms with Gasteiger partial charge in [0.1, 0.15) is 0 Å². The molecule has 0 radical (unpaired) electrons. The molecule has 2 heteroatoms. The fourth-order valence-electron chi connectivity index (χ4n) is 5.26. The van der Waals surface area contributed by atoms with Crippen molar-refractivity contribution in [2.75, 3.05) is 13.1 Å². The monoisotopic (exact) mass is 368 g/mol. The second kappa shape index (κ2) is 7.54. The summed E-state index contributed by atoms with van der Waals surface area (Å²) in [6.45, 7) is 4.29. The summed E-state index contributed by atoms with van der Waals surface area (Å²) in [5.74, 6) is 0.631. The third-order valence-corrected chi connectivity index (χ3v) is 6.66. The van der Waals surface area contributed by atoms with Crippen LogP contribution >= 0.6 is 0 Å². The quantitative estimate of drug-likeness (QED) is 0.699. The van der Waals surface area contributed by atoms with Crippen LogP contribution in [-0.4, -0.2) is 18.0 Å². The number of fused-ring (bicyclic) bond motifs is 3. The number of hydrogen-bond acceptors (Lipinski definition) is 2. The number of likely N-dealkylation sites (tertiary alicyclic amines) is 1. The Morgan fingerprint density at radius 2 is 1.50 bits per heavy atom. The molecule has 142 valence electrons. The van der Waals surface area contributed by atoms with Gasteiger partial charge in [-0.3, -0.25) is 4.90 Å². The molecule has 0 amide bonds. The maximum absolute atomic E-state index is 4.03. The highest BCUT2D eigenvalue weighted by molar-refractivity contribution is 5.41. The van der Waals surface area contributed by atoms with Gasteiger partial charge in [0.05, 0.1) is 0 Å². The lowest BCUT2D eigenvalue weighted by Crippen LogP contribution is -2.55. The van der Waals surface area contributed by atoms with Gasteiger partial charge in [0.15, 0.2) is 0 Å². The van der Waals surface area contributed by atoms with Gasteiger partial charge in [-0.1, -0.05) is 84.9 Å². The summed E-state index contributed by atoms with van der Waals surface area (Å²) in [5.41, 5.74) is 5.97. The molecule has 1 heterocycles. The van der Waals surface area contributed by atoms with Crippen LogP contribution in [0.25, 0.3) is 0 Å². The van der Waals surface area contributed by atoms with Gasteiger partial charge in [0, 0.05) is 31.7 Å². The Hall–Kier alpha value is -2.42. The molecule has 1 fully saturated rings. The molecule has 1 aliphatic heterocycles. The number of hydrogen-bond donors (Lipinski definition) is 1. The Bertz CT molecular complexity index is 921. The van der Waals surface area contributed by atoms with E-state index in [9.17, 15) is 0 Å². The molecular formula is C26H28N2. The maximum Gasteiger partial charge on any atom is 0.0496 e. The third kappa shape index (κ3) is 3.28. The molecule has 0 aromatic heterocycles. The van der Waals surface area contributed by atoms with Gasteiger partial charge >= 0.3 is 0 Å². The van der Waals surface area contributed by atoms with Gasteiger partial charge in [0.2, 0.25) is 0 Å². The molecule has 0 unspecified atom stereocenters. The summed E-state index contributed by atoms with van der Waals surface area (Å²) in [6.07, 6.45) is 2.36. The van der Waals surface area contributed by atoms with Crippen molar-refractivity contribution in [1.29, 1.82) is 0 Å². The highest BCUT2D eigenvalue weighted by Crippen LogP contribution is 2.47. The van der Waals surface area contributed by atoms with Crippen molar-refractivity contribution in [2.45, 2.75) is 31.5 Å². The lowest BCUT2D eigenvalue weighted by molar-refractivity contribution is 0.0725. The molecule has 28 heavy (non-hydrogen) atoms. The zero-order valence-electron chi connectivity index (χ0n) is 16.4. The van der Waals surface area contributed by atoms with Gasteiger partial charge in [0.25, 0.3) is 0 Å². The first-order valence-corrected chi connectivity index (χ1v) is 10.5. The van der Waals surface area contributed by atoms with E-state index >= 15 is 0 Å². The van der Waals surface area contributed by atoms with E-state index in [0.29, 0.717) is 5.92 Å². The molecule has 0 spiro atoms. The first-order chi connectivity index (χ1) is 13.8. The Labute approximate surface area is 168 Å². The Kier molecular flexibility index (Phi) is 4.76. The second-order valence-corrected chi connectivity index (χ2v) is 8.34. The molecule has 3 aromatic carbocycles. The second-order valence-electron chi connectivity index (χ2n) is 8.34. The number of benzene rings is 3. The van der Waals surface area contributed by atoms with Crippen LogP contribution in [0.3, 0.4) is 0 Å². The van der Waals surface area contributed by atoms with Gasteiger partial charge in [-0.2, -0.15) is 0 Å². The van der Waals surface area contributed by atoms with Crippen molar-refractivity contribution >= 4 is 0 Å². The summed E-state index contributed by atoms with van der Waals surface area (Å²) < 4.78 is 0. The zero-order valence-corrected chi connectivity index (χ0v) is 16.4. The Morgan fingerprint density at radius 1 is 0.821 bits per heavy atom. The largest absolute Gasteiger partial charge is 0.303 e. The first-order valence-electron chi connectivity index (χ1n) is 10.5. The summed E-state index contributed by atoms with van der Waals surface area (Å²) in [6, 6.07) is 30.8. The van der Waals surface area contributed by atoms with E-state index in [-0.39, 0.29) is 5.54 Å². The summed E-state index contributed by atoms with van der Waals surface area (Å²) in [7, 11) is 0. The van der Waals surface area contributed by atoms with Crippen molar-refractivity contribution in [3.8, 4) is 0 Å². The van der Waals surface area contributed by atoms with Crippen LogP contribution in [0, 0.1) is 5.92 Å². The van der Waals surface area contributed by atoms with Gasteiger partial charge < -0.3 is 5.32 Å². The van der Waals surface area contributed by atoms with Gasteiger partial charge in [-0.15, -0.1) is 0 Å². The molecule has 1 saturated heterocycles. The number of nitrogens with one attached hydrogen (secondary N) is 1. The molecule has 1 aliphatic carbocycles. The molecule has 5 rings (SSSR count). The van der Waals surface area contributed by atoms with Gasteiger partial charge in [-0.25, -0.2) is 0 Å². The maximum atomic E-state index is 4.03. The summed E-state index contributed by atoms with van der Waals surface area (Å²) in [5, 5.41) is 4.03. The minimum Gasteiger partial charge on any atom is -0.303 e. The highest BCUT2D eigenvalue weighted by Gasteiger charge is 2.48. The molecule has 2 aliphatic rings. The van der Waals surface area contributed by atoms with E-state index in [2.05, 4.69) is 95.1 Å². The molecule has 3 aromatic rings. The molecular weight excluding hydrogens is 340 g/mol. The highest BCUT2D eigenvalue weighted by atomic mass is 15.2. The normalized spacial score (nSPS) is 23.9. The average Bonchev–Trinajstić information content (AvgIpc) is 3.08. The molecule has 2 atom stereocenters. The Balaban J connectivity index is 1.38. The SMILES string of the molecule is c1ccc(CN[C@@]23CCN(Cc4ccccc4)C[C@@H]2Cc2ccccc23)cc1. The van der Waals surface area contributed by atoms with Crippen LogP contribution in [-0.2, 0) is 25.0 Å².